The zero-order chi connectivity index (χ0) is 27.9. The van der Waals surface area contributed by atoms with E-state index in [0.717, 1.165) is 36.1 Å². The third-order valence-electron chi connectivity index (χ3n) is 6.97. The smallest absolute Gasteiger partial charge is 0.364 e. The van der Waals surface area contributed by atoms with E-state index in [0.29, 0.717) is 48.0 Å². The number of halogens is 3. The number of hydrogen-bond acceptors (Lipinski definition) is 7. The van der Waals surface area contributed by atoms with Crippen molar-refractivity contribution in [3.63, 3.8) is 0 Å². The summed E-state index contributed by atoms with van der Waals surface area (Å²) in [4.78, 5) is 32.3. The molecule has 13 heteroatoms. The maximum absolute atomic E-state index is 13.2. The predicted octanol–water partition coefficient (Wildman–Crippen LogP) is 4.71. The lowest BCUT2D eigenvalue weighted by Gasteiger charge is -2.16. The maximum atomic E-state index is 13.2. The Labute approximate surface area is 226 Å². The molecule has 1 fully saturated rings. The molecule has 10 nitrogen and oxygen atoms in total. The molecule has 0 atom stereocenters. The number of imidazole rings is 2. The van der Waals surface area contributed by atoms with Crippen LogP contribution in [0, 0.1) is 0 Å². The Morgan fingerprint density at radius 1 is 1.02 bits per heavy atom. The first-order valence-corrected chi connectivity index (χ1v) is 12.9. The zero-order valence-electron chi connectivity index (χ0n) is 21.6. The quantitative estimate of drug-likeness (QED) is 0.289. The van der Waals surface area contributed by atoms with Gasteiger partial charge in [-0.2, -0.15) is 23.1 Å². The van der Waals surface area contributed by atoms with E-state index in [1.165, 1.54) is 6.07 Å². The Morgan fingerprint density at radius 3 is 2.65 bits per heavy atom. The monoisotopic (exact) mass is 549 g/mol. The minimum Gasteiger partial charge on any atom is -0.364 e. The number of alkyl halides is 3. The van der Waals surface area contributed by atoms with Crippen LogP contribution in [0.5, 0.6) is 0 Å². The topological polar surface area (TPSA) is 106 Å². The van der Waals surface area contributed by atoms with Gasteiger partial charge in [0, 0.05) is 39.6 Å². The number of aryl methyl sites for hydroxylation is 1. The number of rotatable bonds is 8. The lowest BCUT2D eigenvalue weighted by atomic mass is 10.1. The van der Waals surface area contributed by atoms with Crippen LogP contribution in [-0.4, -0.2) is 53.0 Å². The molecule has 2 aromatic carbocycles. The van der Waals surface area contributed by atoms with Crippen LogP contribution in [0.1, 0.15) is 24.0 Å². The molecule has 3 aromatic heterocycles. The standard InChI is InChI=1S/C27H26F3N9O/c1-37-20-9-3-2-8-19(20)33-26(37)36-25-34-23(31-15-17-6-4-7-18(14-17)27(28,29)30)22-24(35-25)39(16-32-22)13-12-38-11-5-10-21(38)40/h2-4,6-9,14,16H,5,10-13,15H2,1H3,(H2,31,33,34,35,36). The lowest BCUT2D eigenvalue weighted by Crippen LogP contribution is -2.28. The summed E-state index contributed by atoms with van der Waals surface area (Å²) in [7, 11) is 1.88. The average molecular weight is 550 g/mol. The molecule has 0 spiro atoms. The summed E-state index contributed by atoms with van der Waals surface area (Å²) in [5.41, 5.74) is 2.44. The molecule has 4 heterocycles. The highest BCUT2D eigenvalue weighted by molar-refractivity contribution is 5.85. The number of likely N-dealkylation sites (tertiary alicyclic amines) is 1. The zero-order valence-corrected chi connectivity index (χ0v) is 21.6. The first-order chi connectivity index (χ1) is 19.3. The highest BCUT2D eigenvalue weighted by Gasteiger charge is 2.30. The van der Waals surface area contributed by atoms with E-state index in [1.807, 2.05) is 45.3 Å². The molecule has 40 heavy (non-hydrogen) atoms. The van der Waals surface area contributed by atoms with Gasteiger partial charge in [0.15, 0.2) is 17.0 Å². The highest BCUT2D eigenvalue weighted by Crippen LogP contribution is 2.30. The van der Waals surface area contributed by atoms with Crippen LogP contribution in [0.4, 0.5) is 30.9 Å². The third-order valence-corrected chi connectivity index (χ3v) is 6.97. The van der Waals surface area contributed by atoms with Gasteiger partial charge in [-0.3, -0.25) is 10.1 Å². The molecule has 0 saturated carbocycles. The molecular formula is C27H26F3N9O. The predicted molar refractivity (Wildman–Crippen MR) is 144 cm³/mol. The summed E-state index contributed by atoms with van der Waals surface area (Å²) in [6.07, 6.45) is -1.39. The van der Waals surface area contributed by atoms with Gasteiger partial charge in [-0.05, 0) is 36.2 Å². The molecule has 0 unspecified atom stereocenters. The van der Waals surface area contributed by atoms with Crippen LogP contribution in [0.15, 0.2) is 54.9 Å². The second-order valence-electron chi connectivity index (χ2n) is 9.65. The van der Waals surface area contributed by atoms with Crippen LogP contribution >= 0.6 is 0 Å². The van der Waals surface area contributed by atoms with Crippen molar-refractivity contribution < 1.29 is 18.0 Å². The Morgan fingerprint density at radius 2 is 1.88 bits per heavy atom. The summed E-state index contributed by atoms with van der Waals surface area (Å²) in [5.74, 6) is 1.26. The molecule has 6 rings (SSSR count). The number of nitrogens with zero attached hydrogens (tertiary/aromatic N) is 7. The number of anilines is 3. The highest BCUT2D eigenvalue weighted by atomic mass is 19.4. The summed E-state index contributed by atoms with van der Waals surface area (Å²) >= 11 is 0. The fourth-order valence-corrected chi connectivity index (χ4v) is 4.86. The van der Waals surface area contributed by atoms with Gasteiger partial charge >= 0.3 is 6.18 Å². The average Bonchev–Trinajstić information content (AvgIpc) is 3.63. The van der Waals surface area contributed by atoms with Gasteiger partial charge in [0.25, 0.3) is 0 Å². The largest absolute Gasteiger partial charge is 0.416 e. The second-order valence-corrected chi connectivity index (χ2v) is 9.65. The Bertz CT molecular complexity index is 1710. The molecule has 1 saturated heterocycles. The van der Waals surface area contributed by atoms with Crippen molar-refractivity contribution in [2.24, 2.45) is 7.05 Å². The molecule has 1 amide bonds. The molecule has 0 radical (unpaired) electrons. The summed E-state index contributed by atoms with van der Waals surface area (Å²) in [6.45, 7) is 1.83. The molecule has 1 aliphatic heterocycles. The fraction of sp³-hybridized carbons (Fsp3) is 0.296. The number of hydrogen-bond donors (Lipinski definition) is 2. The van der Waals surface area contributed by atoms with Crippen molar-refractivity contribution in [2.45, 2.75) is 32.1 Å². The van der Waals surface area contributed by atoms with E-state index in [9.17, 15) is 18.0 Å². The van der Waals surface area contributed by atoms with Gasteiger partial charge in [0.1, 0.15) is 0 Å². The van der Waals surface area contributed by atoms with E-state index >= 15 is 0 Å². The summed E-state index contributed by atoms with van der Waals surface area (Å²) in [5, 5.41) is 6.32. The number of fused-ring (bicyclic) bond motifs is 2. The van der Waals surface area contributed by atoms with Crippen molar-refractivity contribution in [3.05, 3.63) is 66.0 Å². The lowest BCUT2D eigenvalue weighted by molar-refractivity contribution is -0.137. The van der Waals surface area contributed by atoms with Gasteiger partial charge < -0.3 is 19.4 Å². The van der Waals surface area contributed by atoms with E-state index in [1.54, 1.807) is 12.4 Å². The van der Waals surface area contributed by atoms with E-state index < -0.39 is 11.7 Å². The van der Waals surface area contributed by atoms with Crippen molar-refractivity contribution in [3.8, 4) is 0 Å². The molecule has 2 N–H and O–H groups in total. The van der Waals surface area contributed by atoms with E-state index in [-0.39, 0.29) is 18.4 Å². The number of carbonyl (C=O) groups excluding carboxylic acids is 1. The minimum absolute atomic E-state index is 0.0942. The number of amides is 1. The Balaban J connectivity index is 1.33. The molecule has 1 aliphatic rings. The number of nitrogens with one attached hydrogen (secondary N) is 2. The van der Waals surface area contributed by atoms with Crippen LogP contribution in [0.2, 0.25) is 0 Å². The van der Waals surface area contributed by atoms with Gasteiger partial charge in [-0.1, -0.05) is 24.3 Å². The van der Waals surface area contributed by atoms with E-state index in [2.05, 4.69) is 25.6 Å². The number of benzene rings is 2. The van der Waals surface area contributed by atoms with Crippen LogP contribution in [-0.2, 0) is 31.1 Å². The normalized spacial score (nSPS) is 14.0. The van der Waals surface area contributed by atoms with Gasteiger partial charge in [-0.15, -0.1) is 0 Å². The van der Waals surface area contributed by atoms with Gasteiger partial charge in [-0.25, -0.2) is 9.97 Å². The Hall–Kier alpha value is -4.68. The molecule has 206 valence electrons. The minimum atomic E-state index is -4.43. The summed E-state index contributed by atoms with van der Waals surface area (Å²) in [6, 6.07) is 12.8. The molecule has 0 bridgehead atoms. The SMILES string of the molecule is Cn1c(Nc2nc(NCc3cccc(C(F)(F)F)c3)c3ncn(CCN4CCCC4=O)c3n2)nc2ccccc21. The molecule has 5 aromatic rings. The van der Waals surface area contributed by atoms with Crippen LogP contribution in [0.3, 0.4) is 0 Å². The summed E-state index contributed by atoms with van der Waals surface area (Å²) < 4.78 is 43.4. The van der Waals surface area contributed by atoms with Crippen LogP contribution < -0.4 is 10.6 Å². The van der Waals surface area contributed by atoms with Crippen molar-refractivity contribution in [1.82, 2.24) is 34.0 Å². The number of carbonyl (C=O) groups is 1. The molecular weight excluding hydrogens is 523 g/mol. The third kappa shape index (κ3) is 5.01. The van der Waals surface area contributed by atoms with Crippen molar-refractivity contribution in [1.29, 1.82) is 0 Å². The van der Waals surface area contributed by atoms with Crippen LogP contribution in [0.25, 0.3) is 22.2 Å². The van der Waals surface area contributed by atoms with Gasteiger partial charge in [0.2, 0.25) is 17.8 Å². The second kappa shape index (κ2) is 10.1. The fourth-order valence-electron chi connectivity index (χ4n) is 4.86. The Kier molecular flexibility index (Phi) is 6.48. The maximum Gasteiger partial charge on any atom is 0.416 e. The number of para-hydroxylation sites is 2. The number of aromatic nitrogens is 6. The van der Waals surface area contributed by atoms with E-state index in [4.69, 9.17) is 4.98 Å². The first kappa shape index (κ1) is 25.6. The molecule has 0 aliphatic carbocycles. The first-order valence-electron chi connectivity index (χ1n) is 12.9. The van der Waals surface area contributed by atoms with Crippen molar-refractivity contribution >= 4 is 45.8 Å². The van der Waals surface area contributed by atoms with Crippen molar-refractivity contribution in [2.75, 3.05) is 23.7 Å². The van der Waals surface area contributed by atoms with Gasteiger partial charge in [0.05, 0.1) is 22.9 Å².